The number of hydrazone groups is 1. The van der Waals surface area contributed by atoms with Gasteiger partial charge in [-0.05, 0) is 24.0 Å². The Balaban J connectivity index is 2.06. The molecule has 4 rings (SSSR count). The molecule has 0 bridgehead atoms. The Morgan fingerprint density at radius 3 is 3.09 bits per heavy atom. The number of nitrogens with zero attached hydrogens (tertiary/aromatic N) is 6. The van der Waals surface area contributed by atoms with Crippen molar-refractivity contribution in [2.24, 2.45) is 5.10 Å². The molecule has 1 aliphatic rings. The van der Waals surface area contributed by atoms with E-state index in [0.29, 0.717) is 0 Å². The van der Waals surface area contributed by atoms with E-state index in [1.165, 1.54) is 12.1 Å². The van der Waals surface area contributed by atoms with Crippen LogP contribution in [0, 0.1) is 0 Å². The first kappa shape index (κ1) is 12.9. The fourth-order valence-electron chi connectivity index (χ4n) is 3.22. The lowest BCUT2D eigenvalue weighted by Crippen LogP contribution is -2.01. The second kappa shape index (κ2) is 4.91. The van der Waals surface area contributed by atoms with Gasteiger partial charge in [0.05, 0.1) is 12.9 Å². The summed E-state index contributed by atoms with van der Waals surface area (Å²) < 4.78 is 6.12. The normalized spacial score (nSPS) is 14.5. The molecule has 1 aliphatic heterocycles. The van der Waals surface area contributed by atoms with Crippen LogP contribution >= 0.6 is 0 Å². The largest absolute Gasteiger partial charge is 0.345 e. The molecule has 0 N–H and O–H groups in total. The van der Waals surface area contributed by atoms with E-state index in [2.05, 4.69) is 32.6 Å². The molecule has 0 atom stereocenters. The second-order valence-electron chi connectivity index (χ2n) is 5.30. The van der Waals surface area contributed by atoms with Crippen molar-refractivity contribution in [1.29, 1.82) is 0 Å². The Bertz CT molecular complexity index is 899. The van der Waals surface area contributed by atoms with E-state index in [1.807, 2.05) is 36.0 Å². The standard InChI is InChI=1S/C16H17N6/c1-3-22(17-2)13-11-20-9-4-5-12(20)15(13)16-19-7-6-14-18-8-10-21(14)16/h3,6-8,10-11H,2,4-5,9H2,1H3/q+1. The van der Waals surface area contributed by atoms with E-state index >= 15 is 0 Å². The molecule has 0 radical (unpaired) electrons. The van der Waals surface area contributed by atoms with Gasteiger partial charge in [-0.3, -0.25) is 4.40 Å². The monoisotopic (exact) mass is 293 g/mol. The number of aromatic nitrogens is 4. The number of aryl methyl sites for hydroxylation is 1. The predicted molar refractivity (Wildman–Crippen MR) is 85.9 cm³/mol. The summed E-state index contributed by atoms with van der Waals surface area (Å²) in [4.78, 5) is 8.97. The van der Waals surface area contributed by atoms with E-state index in [-0.39, 0.29) is 0 Å². The molecule has 110 valence electrons. The summed E-state index contributed by atoms with van der Waals surface area (Å²) in [6, 6.07) is 1.91. The maximum atomic E-state index is 4.62. The third-order valence-corrected chi connectivity index (χ3v) is 4.17. The third kappa shape index (κ3) is 1.73. The molecule has 0 saturated carbocycles. The Morgan fingerprint density at radius 1 is 1.36 bits per heavy atom. The lowest BCUT2D eigenvalue weighted by Gasteiger charge is -2.05. The zero-order chi connectivity index (χ0) is 15.1. The molecular weight excluding hydrogens is 276 g/mol. The van der Waals surface area contributed by atoms with Crippen LogP contribution in [-0.2, 0) is 13.0 Å². The van der Waals surface area contributed by atoms with Gasteiger partial charge in [-0.25, -0.2) is 9.97 Å². The van der Waals surface area contributed by atoms with Gasteiger partial charge in [0.25, 0.3) is 5.69 Å². The zero-order valence-electron chi connectivity index (χ0n) is 12.5. The minimum Gasteiger partial charge on any atom is -0.345 e. The van der Waals surface area contributed by atoms with E-state index < -0.39 is 0 Å². The molecule has 6 nitrogen and oxygen atoms in total. The molecule has 0 aromatic carbocycles. The molecule has 0 fully saturated rings. The highest BCUT2D eigenvalue weighted by molar-refractivity contribution is 5.74. The smallest absolute Gasteiger partial charge is 0.266 e. The van der Waals surface area contributed by atoms with Crippen molar-refractivity contribution in [1.82, 2.24) is 18.9 Å². The van der Waals surface area contributed by atoms with Crippen LogP contribution in [0.4, 0.5) is 5.69 Å². The van der Waals surface area contributed by atoms with Crippen molar-refractivity contribution in [2.45, 2.75) is 26.3 Å². The van der Waals surface area contributed by atoms with Gasteiger partial charge in [0.1, 0.15) is 11.2 Å². The fraction of sp³-hybridized carbons (Fsp3) is 0.250. The molecule has 0 saturated heterocycles. The molecule has 4 heterocycles. The molecule has 6 heteroatoms. The SMILES string of the molecule is C=N[N+](=CC)c1cn2c(c1-c1nccc3nccn13)CCC2. The first-order valence-corrected chi connectivity index (χ1v) is 7.39. The van der Waals surface area contributed by atoms with Crippen LogP contribution in [0.15, 0.2) is 36.0 Å². The summed E-state index contributed by atoms with van der Waals surface area (Å²) in [6.07, 6.45) is 11.8. The average molecular weight is 293 g/mol. The van der Waals surface area contributed by atoms with Crippen molar-refractivity contribution >= 4 is 24.3 Å². The molecule has 0 unspecified atom stereocenters. The van der Waals surface area contributed by atoms with Crippen LogP contribution in [0.2, 0.25) is 0 Å². The van der Waals surface area contributed by atoms with Gasteiger partial charge >= 0.3 is 0 Å². The van der Waals surface area contributed by atoms with Crippen molar-refractivity contribution in [3.05, 3.63) is 36.5 Å². The fourth-order valence-corrected chi connectivity index (χ4v) is 3.22. The van der Waals surface area contributed by atoms with Crippen LogP contribution in [-0.4, -0.2) is 36.6 Å². The minimum absolute atomic E-state index is 0.896. The summed E-state index contributed by atoms with van der Waals surface area (Å²) in [6.45, 7) is 6.66. The Hall–Kier alpha value is -2.76. The van der Waals surface area contributed by atoms with E-state index in [4.69, 9.17) is 0 Å². The highest BCUT2D eigenvalue weighted by atomic mass is 15.4. The molecule has 0 spiro atoms. The molecule has 0 amide bonds. The summed E-state index contributed by atoms with van der Waals surface area (Å²) in [5.41, 5.74) is 4.33. The van der Waals surface area contributed by atoms with E-state index in [0.717, 1.165) is 35.7 Å². The maximum Gasteiger partial charge on any atom is 0.266 e. The van der Waals surface area contributed by atoms with Crippen molar-refractivity contribution in [3.8, 4) is 11.4 Å². The average Bonchev–Trinajstić information content (AvgIpc) is 3.23. The molecule has 22 heavy (non-hydrogen) atoms. The topological polar surface area (TPSA) is 50.5 Å². The summed E-state index contributed by atoms with van der Waals surface area (Å²) in [7, 11) is 0. The lowest BCUT2D eigenvalue weighted by molar-refractivity contribution is -0.438. The first-order chi connectivity index (χ1) is 10.8. The predicted octanol–water partition coefficient (Wildman–Crippen LogP) is 2.49. The minimum atomic E-state index is 0.896. The Labute approximate surface area is 128 Å². The van der Waals surface area contributed by atoms with Crippen LogP contribution in [0.1, 0.15) is 19.0 Å². The molecule has 0 aliphatic carbocycles. The number of rotatable bonds is 3. The Kier molecular flexibility index (Phi) is 2.89. The summed E-state index contributed by atoms with van der Waals surface area (Å²) in [5.74, 6) is 0.899. The number of hydrogen-bond acceptors (Lipinski definition) is 3. The zero-order valence-corrected chi connectivity index (χ0v) is 12.5. The van der Waals surface area contributed by atoms with Gasteiger partial charge in [-0.15, -0.1) is 0 Å². The number of fused-ring (bicyclic) bond motifs is 2. The van der Waals surface area contributed by atoms with Crippen molar-refractivity contribution in [2.75, 3.05) is 0 Å². The van der Waals surface area contributed by atoms with Gasteiger partial charge in [-0.2, -0.15) is 0 Å². The van der Waals surface area contributed by atoms with Crippen molar-refractivity contribution < 1.29 is 4.68 Å². The van der Waals surface area contributed by atoms with E-state index in [9.17, 15) is 0 Å². The number of imidazole rings is 1. The first-order valence-electron chi connectivity index (χ1n) is 7.39. The van der Waals surface area contributed by atoms with Crippen molar-refractivity contribution in [3.63, 3.8) is 0 Å². The van der Waals surface area contributed by atoms with Gasteiger partial charge < -0.3 is 4.57 Å². The molecular formula is C16H17N6+. The highest BCUT2D eigenvalue weighted by Crippen LogP contribution is 2.37. The van der Waals surface area contributed by atoms with Gasteiger partial charge in [0.2, 0.25) is 0 Å². The lowest BCUT2D eigenvalue weighted by atomic mass is 10.1. The Morgan fingerprint density at radius 2 is 2.27 bits per heavy atom. The van der Waals surface area contributed by atoms with Gasteiger partial charge in [-0.1, -0.05) is 4.68 Å². The van der Waals surface area contributed by atoms with Crippen LogP contribution < -0.4 is 0 Å². The van der Waals surface area contributed by atoms with E-state index in [1.54, 1.807) is 10.9 Å². The van der Waals surface area contributed by atoms with Crippen LogP contribution in [0.5, 0.6) is 0 Å². The highest BCUT2D eigenvalue weighted by Gasteiger charge is 2.29. The second-order valence-corrected chi connectivity index (χ2v) is 5.30. The maximum absolute atomic E-state index is 4.62. The quantitative estimate of drug-likeness (QED) is 0.423. The third-order valence-electron chi connectivity index (χ3n) is 4.17. The summed E-state index contributed by atoms with van der Waals surface area (Å²) >= 11 is 0. The summed E-state index contributed by atoms with van der Waals surface area (Å²) in [5, 5.41) is 4.11. The van der Waals surface area contributed by atoms with Crippen LogP contribution in [0.3, 0.4) is 0 Å². The van der Waals surface area contributed by atoms with Gasteiger partial charge in [0, 0.05) is 37.8 Å². The molecule has 3 aromatic rings. The van der Waals surface area contributed by atoms with Gasteiger partial charge in [0.15, 0.2) is 12.0 Å². The molecule has 3 aromatic heterocycles. The number of hydrogen-bond donors (Lipinski definition) is 0. The van der Waals surface area contributed by atoms with Crippen LogP contribution in [0.25, 0.3) is 17.0 Å².